The normalized spacial score (nSPS) is 24.9. The van der Waals surface area contributed by atoms with E-state index in [4.69, 9.17) is 0 Å². The van der Waals surface area contributed by atoms with Gasteiger partial charge in [0.25, 0.3) is 0 Å². The lowest BCUT2D eigenvalue weighted by molar-refractivity contribution is 0.465. The lowest BCUT2D eigenvalue weighted by Gasteiger charge is -2.18. The molecule has 0 amide bonds. The molecule has 3 heteroatoms. The van der Waals surface area contributed by atoms with Crippen LogP contribution in [0.5, 0.6) is 0 Å². The number of rotatable bonds is 6. The summed E-state index contributed by atoms with van der Waals surface area (Å²) >= 11 is 4.13. The molecule has 1 fully saturated rings. The summed E-state index contributed by atoms with van der Waals surface area (Å²) in [5.74, 6) is 5.25. The van der Waals surface area contributed by atoms with Crippen molar-refractivity contribution in [3.8, 4) is 0 Å². The molecule has 0 aromatic carbocycles. The van der Waals surface area contributed by atoms with E-state index in [0.29, 0.717) is 6.04 Å². The standard InChI is InChI=1S/C10H21NS2/c1-3-12-6-4-9(2)11-10-5-7-13-8-10/h9-11H,3-8H2,1-2H3. The van der Waals surface area contributed by atoms with Gasteiger partial charge >= 0.3 is 0 Å². The SMILES string of the molecule is CCSCCC(C)NC1CCSC1. The average Bonchev–Trinajstić information content (AvgIpc) is 2.57. The molecule has 1 nitrogen and oxygen atoms in total. The predicted octanol–water partition coefficient (Wildman–Crippen LogP) is 2.61. The Morgan fingerprint density at radius 2 is 2.46 bits per heavy atom. The highest BCUT2D eigenvalue weighted by Crippen LogP contribution is 2.18. The lowest BCUT2D eigenvalue weighted by atomic mass is 10.2. The van der Waals surface area contributed by atoms with Crippen LogP contribution in [-0.4, -0.2) is 35.1 Å². The third-order valence-electron chi connectivity index (χ3n) is 2.35. The minimum Gasteiger partial charge on any atom is -0.311 e. The zero-order valence-electron chi connectivity index (χ0n) is 8.71. The molecule has 1 saturated heterocycles. The molecular formula is C10H21NS2. The quantitative estimate of drug-likeness (QED) is 0.690. The molecule has 0 spiro atoms. The summed E-state index contributed by atoms with van der Waals surface area (Å²) in [4.78, 5) is 0. The number of hydrogen-bond acceptors (Lipinski definition) is 3. The Labute approximate surface area is 90.8 Å². The van der Waals surface area contributed by atoms with Crippen LogP contribution in [0, 0.1) is 0 Å². The van der Waals surface area contributed by atoms with Crippen molar-refractivity contribution in [3.05, 3.63) is 0 Å². The van der Waals surface area contributed by atoms with Crippen molar-refractivity contribution in [1.29, 1.82) is 0 Å². The van der Waals surface area contributed by atoms with Gasteiger partial charge in [0, 0.05) is 17.8 Å². The molecule has 1 heterocycles. The van der Waals surface area contributed by atoms with E-state index in [2.05, 4.69) is 30.9 Å². The minimum atomic E-state index is 0.711. The monoisotopic (exact) mass is 219 g/mol. The average molecular weight is 219 g/mol. The third-order valence-corrected chi connectivity index (χ3v) is 4.44. The Bertz CT molecular complexity index is 124. The fraction of sp³-hybridized carbons (Fsp3) is 1.00. The van der Waals surface area contributed by atoms with Gasteiger partial charge in [-0.1, -0.05) is 6.92 Å². The van der Waals surface area contributed by atoms with Crippen molar-refractivity contribution in [1.82, 2.24) is 5.32 Å². The first kappa shape index (κ1) is 11.7. The van der Waals surface area contributed by atoms with Gasteiger partial charge in [0.15, 0.2) is 0 Å². The second kappa shape index (κ2) is 7.02. The molecule has 0 aliphatic carbocycles. The van der Waals surface area contributed by atoms with Crippen LogP contribution in [0.25, 0.3) is 0 Å². The van der Waals surface area contributed by atoms with E-state index in [-0.39, 0.29) is 0 Å². The highest BCUT2D eigenvalue weighted by atomic mass is 32.2. The first-order valence-electron chi connectivity index (χ1n) is 5.24. The summed E-state index contributed by atoms with van der Waals surface area (Å²) in [6, 6.07) is 1.51. The summed E-state index contributed by atoms with van der Waals surface area (Å²) in [6.45, 7) is 4.55. The minimum absolute atomic E-state index is 0.711. The Morgan fingerprint density at radius 3 is 3.08 bits per heavy atom. The van der Waals surface area contributed by atoms with Crippen LogP contribution in [-0.2, 0) is 0 Å². The molecule has 0 radical (unpaired) electrons. The summed E-state index contributed by atoms with van der Waals surface area (Å²) < 4.78 is 0. The van der Waals surface area contributed by atoms with Crippen molar-refractivity contribution in [2.24, 2.45) is 0 Å². The zero-order valence-corrected chi connectivity index (χ0v) is 10.3. The van der Waals surface area contributed by atoms with Crippen LogP contribution < -0.4 is 5.32 Å². The number of thioether (sulfide) groups is 2. The van der Waals surface area contributed by atoms with E-state index < -0.39 is 0 Å². The highest BCUT2D eigenvalue weighted by Gasteiger charge is 2.16. The van der Waals surface area contributed by atoms with Crippen molar-refractivity contribution >= 4 is 23.5 Å². The summed E-state index contributed by atoms with van der Waals surface area (Å²) in [5.41, 5.74) is 0. The first-order valence-corrected chi connectivity index (χ1v) is 7.55. The molecule has 78 valence electrons. The van der Waals surface area contributed by atoms with Gasteiger partial charge in [0.1, 0.15) is 0 Å². The molecule has 1 aliphatic heterocycles. The zero-order chi connectivity index (χ0) is 9.52. The van der Waals surface area contributed by atoms with Crippen LogP contribution in [0.3, 0.4) is 0 Å². The van der Waals surface area contributed by atoms with Crippen molar-refractivity contribution in [3.63, 3.8) is 0 Å². The molecule has 2 unspecified atom stereocenters. The fourth-order valence-corrected chi connectivity index (χ4v) is 3.53. The smallest absolute Gasteiger partial charge is 0.0168 e. The maximum atomic E-state index is 3.70. The molecular weight excluding hydrogens is 198 g/mol. The van der Waals surface area contributed by atoms with E-state index in [0.717, 1.165) is 6.04 Å². The topological polar surface area (TPSA) is 12.0 Å². The molecule has 0 bridgehead atoms. The second-order valence-electron chi connectivity index (χ2n) is 3.61. The van der Waals surface area contributed by atoms with Gasteiger partial charge < -0.3 is 5.32 Å². The van der Waals surface area contributed by atoms with Crippen LogP contribution in [0.15, 0.2) is 0 Å². The van der Waals surface area contributed by atoms with Crippen LogP contribution in [0.1, 0.15) is 26.7 Å². The largest absolute Gasteiger partial charge is 0.311 e. The maximum absolute atomic E-state index is 3.70. The maximum Gasteiger partial charge on any atom is 0.0168 e. The Kier molecular flexibility index (Phi) is 6.33. The Balaban J connectivity index is 1.99. The van der Waals surface area contributed by atoms with Crippen molar-refractivity contribution < 1.29 is 0 Å². The predicted molar refractivity (Wildman–Crippen MR) is 65.9 cm³/mol. The number of hydrogen-bond donors (Lipinski definition) is 1. The molecule has 1 aliphatic rings. The van der Waals surface area contributed by atoms with Crippen LogP contribution in [0.4, 0.5) is 0 Å². The van der Waals surface area contributed by atoms with Gasteiger partial charge in [0.05, 0.1) is 0 Å². The lowest BCUT2D eigenvalue weighted by Crippen LogP contribution is -2.36. The van der Waals surface area contributed by atoms with Crippen LogP contribution >= 0.6 is 23.5 Å². The van der Waals surface area contributed by atoms with E-state index in [1.807, 2.05) is 11.8 Å². The second-order valence-corrected chi connectivity index (χ2v) is 6.16. The molecule has 1 N–H and O–H groups in total. The highest BCUT2D eigenvalue weighted by molar-refractivity contribution is 7.99. The Hall–Kier alpha value is 0.660. The van der Waals surface area contributed by atoms with Gasteiger partial charge in [-0.2, -0.15) is 23.5 Å². The summed E-state index contributed by atoms with van der Waals surface area (Å²) in [7, 11) is 0. The van der Waals surface area contributed by atoms with Gasteiger partial charge in [-0.3, -0.25) is 0 Å². The Morgan fingerprint density at radius 1 is 1.62 bits per heavy atom. The molecule has 0 aromatic heterocycles. The van der Waals surface area contributed by atoms with Crippen molar-refractivity contribution in [2.75, 3.05) is 23.0 Å². The number of nitrogens with one attached hydrogen (secondary N) is 1. The molecule has 0 aromatic rings. The third kappa shape index (κ3) is 5.18. The van der Waals surface area contributed by atoms with E-state index in [1.54, 1.807) is 0 Å². The van der Waals surface area contributed by atoms with Crippen LogP contribution in [0.2, 0.25) is 0 Å². The fourth-order valence-electron chi connectivity index (χ4n) is 1.56. The van der Waals surface area contributed by atoms with E-state index >= 15 is 0 Å². The van der Waals surface area contributed by atoms with Crippen molar-refractivity contribution in [2.45, 2.75) is 38.8 Å². The summed E-state index contributed by atoms with van der Waals surface area (Å²) in [6.07, 6.45) is 2.69. The molecule has 13 heavy (non-hydrogen) atoms. The van der Waals surface area contributed by atoms with Gasteiger partial charge in [0.2, 0.25) is 0 Å². The molecule has 0 saturated carbocycles. The van der Waals surface area contributed by atoms with E-state index in [9.17, 15) is 0 Å². The first-order chi connectivity index (χ1) is 6.33. The van der Waals surface area contributed by atoms with Gasteiger partial charge in [-0.15, -0.1) is 0 Å². The molecule has 1 rings (SSSR count). The van der Waals surface area contributed by atoms with Gasteiger partial charge in [-0.25, -0.2) is 0 Å². The molecule has 2 atom stereocenters. The van der Waals surface area contributed by atoms with Gasteiger partial charge in [-0.05, 0) is 37.0 Å². The summed E-state index contributed by atoms with van der Waals surface area (Å²) in [5, 5.41) is 3.70. The van der Waals surface area contributed by atoms with E-state index in [1.165, 1.54) is 35.9 Å².